The molecule has 1 N–H and O–H groups in total. The summed E-state index contributed by atoms with van der Waals surface area (Å²) in [6, 6.07) is 1.48. The zero-order chi connectivity index (χ0) is 11.8. The fourth-order valence-corrected chi connectivity index (χ4v) is 2.33. The molecule has 0 spiro atoms. The third-order valence-electron chi connectivity index (χ3n) is 3.67. The van der Waals surface area contributed by atoms with Crippen molar-refractivity contribution < 1.29 is 4.74 Å². The van der Waals surface area contributed by atoms with Crippen LogP contribution in [-0.2, 0) is 4.74 Å². The van der Waals surface area contributed by atoms with Gasteiger partial charge in [-0.3, -0.25) is 0 Å². The highest BCUT2D eigenvalue weighted by Gasteiger charge is 2.21. The second-order valence-corrected chi connectivity index (χ2v) is 5.06. The first-order valence-electron chi connectivity index (χ1n) is 6.66. The van der Waals surface area contributed by atoms with Gasteiger partial charge in [-0.1, -0.05) is 0 Å². The quantitative estimate of drug-likeness (QED) is 0.673. The number of unbranched alkanes of at least 4 members (excludes halogenated alkanes) is 2. The molecule has 0 amide bonds. The molecule has 0 aromatic heterocycles. The van der Waals surface area contributed by atoms with E-state index in [1.54, 1.807) is 7.11 Å². The largest absolute Gasteiger partial charge is 0.385 e. The van der Waals surface area contributed by atoms with E-state index >= 15 is 0 Å². The van der Waals surface area contributed by atoms with Gasteiger partial charge in [-0.25, -0.2) is 0 Å². The minimum Gasteiger partial charge on any atom is -0.385 e. The Balaban J connectivity index is 1.97. The lowest BCUT2D eigenvalue weighted by atomic mass is 9.99. The molecule has 2 atom stereocenters. The van der Waals surface area contributed by atoms with E-state index in [1.807, 2.05) is 0 Å². The lowest BCUT2D eigenvalue weighted by Gasteiger charge is -2.35. The van der Waals surface area contributed by atoms with Gasteiger partial charge in [-0.15, -0.1) is 0 Å². The molecule has 1 rings (SSSR count). The van der Waals surface area contributed by atoms with Gasteiger partial charge in [0.15, 0.2) is 0 Å². The minimum atomic E-state index is 0.736. The Morgan fingerprint density at radius 2 is 2.12 bits per heavy atom. The SMILES string of the molecule is COCCCCCNC1CCN(C)C(C)C1. The van der Waals surface area contributed by atoms with Gasteiger partial charge in [0.05, 0.1) is 0 Å². The summed E-state index contributed by atoms with van der Waals surface area (Å²) >= 11 is 0. The molecular formula is C13H28N2O. The van der Waals surface area contributed by atoms with Crippen LogP contribution < -0.4 is 5.32 Å². The fourth-order valence-electron chi connectivity index (χ4n) is 2.33. The third-order valence-corrected chi connectivity index (χ3v) is 3.67. The fraction of sp³-hybridized carbons (Fsp3) is 1.00. The van der Waals surface area contributed by atoms with Crippen LogP contribution in [0.2, 0.25) is 0 Å². The van der Waals surface area contributed by atoms with Crippen LogP contribution in [-0.4, -0.2) is 50.8 Å². The zero-order valence-corrected chi connectivity index (χ0v) is 11.2. The highest BCUT2D eigenvalue weighted by Crippen LogP contribution is 2.15. The van der Waals surface area contributed by atoms with Crippen LogP contribution in [0.15, 0.2) is 0 Å². The van der Waals surface area contributed by atoms with Crippen molar-refractivity contribution in [2.24, 2.45) is 0 Å². The molecule has 1 heterocycles. The highest BCUT2D eigenvalue weighted by atomic mass is 16.5. The molecule has 2 unspecified atom stereocenters. The monoisotopic (exact) mass is 228 g/mol. The molecule has 0 saturated carbocycles. The Morgan fingerprint density at radius 1 is 1.31 bits per heavy atom. The first kappa shape index (κ1) is 13.9. The molecule has 3 nitrogen and oxygen atoms in total. The first-order valence-corrected chi connectivity index (χ1v) is 6.66. The van der Waals surface area contributed by atoms with Gasteiger partial charge >= 0.3 is 0 Å². The lowest BCUT2D eigenvalue weighted by Crippen LogP contribution is -2.45. The minimum absolute atomic E-state index is 0.736. The smallest absolute Gasteiger partial charge is 0.0462 e. The van der Waals surface area contributed by atoms with Gasteiger partial charge < -0.3 is 15.0 Å². The molecule has 1 aliphatic rings. The van der Waals surface area contributed by atoms with Crippen LogP contribution in [0.25, 0.3) is 0 Å². The zero-order valence-electron chi connectivity index (χ0n) is 11.2. The van der Waals surface area contributed by atoms with Gasteiger partial charge in [0, 0.05) is 25.8 Å². The van der Waals surface area contributed by atoms with Crippen LogP contribution in [0.3, 0.4) is 0 Å². The highest BCUT2D eigenvalue weighted by molar-refractivity contribution is 4.80. The maximum Gasteiger partial charge on any atom is 0.0462 e. The molecular weight excluding hydrogens is 200 g/mol. The van der Waals surface area contributed by atoms with Gasteiger partial charge in [0.25, 0.3) is 0 Å². The molecule has 96 valence electrons. The van der Waals surface area contributed by atoms with Gasteiger partial charge in [-0.05, 0) is 59.2 Å². The molecule has 1 saturated heterocycles. The van der Waals surface area contributed by atoms with Crippen LogP contribution in [0, 0.1) is 0 Å². The summed E-state index contributed by atoms with van der Waals surface area (Å²) in [5.41, 5.74) is 0. The molecule has 0 aromatic rings. The van der Waals surface area contributed by atoms with Crippen molar-refractivity contribution in [3.05, 3.63) is 0 Å². The van der Waals surface area contributed by atoms with Gasteiger partial charge in [-0.2, -0.15) is 0 Å². The van der Waals surface area contributed by atoms with E-state index in [9.17, 15) is 0 Å². The predicted octanol–water partition coefficient (Wildman–Crippen LogP) is 1.88. The average Bonchev–Trinajstić information content (AvgIpc) is 2.28. The van der Waals surface area contributed by atoms with Gasteiger partial charge in [0.1, 0.15) is 0 Å². The maximum atomic E-state index is 5.04. The standard InChI is InChI=1S/C13H28N2O/c1-12-11-13(7-9-15(12)2)14-8-5-4-6-10-16-3/h12-14H,4-11H2,1-3H3. The van der Waals surface area contributed by atoms with Crippen LogP contribution in [0.5, 0.6) is 0 Å². The van der Waals surface area contributed by atoms with Crippen molar-refractivity contribution in [2.45, 2.75) is 51.1 Å². The van der Waals surface area contributed by atoms with Crippen molar-refractivity contribution in [1.82, 2.24) is 10.2 Å². The van der Waals surface area contributed by atoms with Gasteiger partial charge in [0.2, 0.25) is 0 Å². The van der Waals surface area contributed by atoms with Crippen LogP contribution in [0.4, 0.5) is 0 Å². The Kier molecular flexibility index (Phi) is 7.01. The van der Waals surface area contributed by atoms with Crippen LogP contribution >= 0.6 is 0 Å². The molecule has 1 aliphatic heterocycles. The van der Waals surface area contributed by atoms with Crippen molar-refractivity contribution in [3.8, 4) is 0 Å². The van der Waals surface area contributed by atoms with E-state index < -0.39 is 0 Å². The second kappa shape index (κ2) is 8.04. The van der Waals surface area contributed by atoms with E-state index in [0.717, 1.165) is 18.7 Å². The molecule has 3 heteroatoms. The average molecular weight is 228 g/mol. The van der Waals surface area contributed by atoms with Crippen LogP contribution in [0.1, 0.15) is 39.0 Å². The molecule has 1 fully saturated rings. The third kappa shape index (κ3) is 5.28. The first-order chi connectivity index (χ1) is 7.74. The maximum absolute atomic E-state index is 5.04. The summed E-state index contributed by atoms with van der Waals surface area (Å²) in [6.07, 6.45) is 6.36. The summed E-state index contributed by atoms with van der Waals surface area (Å²) in [6.45, 7) is 5.64. The number of likely N-dealkylation sites (tertiary alicyclic amines) is 1. The Labute approximate surface area is 101 Å². The van der Waals surface area contributed by atoms with Crippen molar-refractivity contribution in [1.29, 1.82) is 0 Å². The topological polar surface area (TPSA) is 24.5 Å². The number of hydrogen-bond donors (Lipinski definition) is 1. The summed E-state index contributed by atoms with van der Waals surface area (Å²) in [5.74, 6) is 0. The molecule has 0 radical (unpaired) electrons. The number of ether oxygens (including phenoxy) is 1. The number of rotatable bonds is 7. The van der Waals surface area contributed by atoms with Crippen molar-refractivity contribution in [3.63, 3.8) is 0 Å². The number of hydrogen-bond acceptors (Lipinski definition) is 3. The Bertz CT molecular complexity index is 175. The van der Waals surface area contributed by atoms with E-state index in [2.05, 4.69) is 24.2 Å². The van der Waals surface area contributed by atoms with E-state index in [1.165, 1.54) is 45.2 Å². The number of nitrogens with zero attached hydrogens (tertiary/aromatic N) is 1. The Morgan fingerprint density at radius 3 is 2.81 bits per heavy atom. The normalized spacial score (nSPS) is 27.2. The number of nitrogens with one attached hydrogen (secondary N) is 1. The van der Waals surface area contributed by atoms with Crippen molar-refractivity contribution in [2.75, 3.05) is 33.9 Å². The molecule has 16 heavy (non-hydrogen) atoms. The number of methoxy groups -OCH3 is 1. The number of piperidine rings is 1. The molecule has 0 aliphatic carbocycles. The van der Waals surface area contributed by atoms with E-state index in [-0.39, 0.29) is 0 Å². The molecule has 0 bridgehead atoms. The summed E-state index contributed by atoms with van der Waals surface area (Å²) in [4.78, 5) is 2.46. The van der Waals surface area contributed by atoms with Crippen molar-refractivity contribution >= 4 is 0 Å². The molecule has 0 aromatic carbocycles. The van der Waals surface area contributed by atoms with E-state index in [4.69, 9.17) is 4.74 Å². The van der Waals surface area contributed by atoms with E-state index in [0.29, 0.717) is 0 Å². The Hall–Kier alpha value is -0.120. The second-order valence-electron chi connectivity index (χ2n) is 5.06. The summed E-state index contributed by atoms with van der Waals surface area (Å²) < 4.78 is 5.04. The predicted molar refractivity (Wildman–Crippen MR) is 68.8 cm³/mol. The summed E-state index contributed by atoms with van der Waals surface area (Å²) in [5, 5.41) is 3.68. The lowest BCUT2D eigenvalue weighted by molar-refractivity contribution is 0.167. The summed E-state index contributed by atoms with van der Waals surface area (Å²) in [7, 11) is 4.00.